The van der Waals surface area contributed by atoms with Gasteiger partial charge in [0.25, 0.3) is 0 Å². The van der Waals surface area contributed by atoms with Crippen molar-refractivity contribution >= 4 is 6.03 Å². The molecule has 0 saturated carbocycles. The molecule has 0 unspecified atom stereocenters. The summed E-state index contributed by atoms with van der Waals surface area (Å²) in [7, 11) is 0. The lowest BCUT2D eigenvalue weighted by molar-refractivity contribution is 0.0530. The van der Waals surface area contributed by atoms with E-state index < -0.39 is 0 Å². The molecule has 16 heavy (non-hydrogen) atoms. The van der Waals surface area contributed by atoms with Gasteiger partial charge in [0.2, 0.25) is 0 Å². The van der Waals surface area contributed by atoms with E-state index in [4.69, 9.17) is 9.47 Å². The van der Waals surface area contributed by atoms with E-state index in [0.717, 1.165) is 26.1 Å². The molecule has 1 heterocycles. The van der Waals surface area contributed by atoms with Crippen LogP contribution in [-0.4, -0.2) is 57.0 Å². The lowest BCUT2D eigenvalue weighted by Gasteiger charge is -2.26. The maximum atomic E-state index is 11.6. The minimum atomic E-state index is 0.0128. The Balaban J connectivity index is 1.97. The average Bonchev–Trinajstić information content (AvgIpc) is 2.34. The fourth-order valence-corrected chi connectivity index (χ4v) is 1.49. The van der Waals surface area contributed by atoms with Gasteiger partial charge in [0.1, 0.15) is 0 Å². The highest BCUT2D eigenvalue weighted by Gasteiger charge is 2.15. The molecule has 0 aliphatic carbocycles. The molecule has 0 aromatic rings. The number of amides is 2. The molecule has 1 saturated heterocycles. The molecule has 0 aromatic carbocycles. The highest BCUT2D eigenvalue weighted by Crippen LogP contribution is 1.96. The molecule has 0 aromatic heterocycles. The molecule has 0 spiro atoms. The van der Waals surface area contributed by atoms with Crippen LogP contribution in [0, 0.1) is 0 Å². The first kappa shape index (κ1) is 13.3. The summed E-state index contributed by atoms with van der Waals surface area (Å²) in [4.78, 5) is 13.4. The zero-order chi connectivity index (χ0) is 11.6. The van der Waals surface area contributed by atoms with Crippen LogP contribution in [0.4, 0.5) is 4.79 Å². The van der Waals surface area contributed by atoms with Crippen LogP contribution in [0.2, 0.25) is 0 Å². The number of hydrogen-bond acceptors (Lipinski definition) is 3. The third-order valence-corrected chi connectivity index (χ3v) is 2.39. The number of nitrogens with zero attached hydrogens (tertiary/aromatic N) is 1. The summed E-state index contributed by atoms with van der Waals surface area (Å²) >= 11 is 0. The van der Waals surface area contributed by atoms with E-state index in [1.165, 1.54) is 0 Å². The van der Waals surface area contributed by atoms with Gasteiger partial charge < -0.3 is 19.7 Å². The molecule has 1 aliphatic heterocycles. The van der Waals surface area contributed by atoms with E-state index in [1.807, 2.05) is 0 Å². The Bertz CT molecular complexity index is 194. The minimum absolute atomic E-state index is 0.0128. The second-order valence-electron chi connectivity index (χ2n) is 3.80. The lowest BCUT2D eigenvalue weighted by Crippen LogP contribution is -2.46. The minimum Gasteiger partial charge on any atom is -0.381 e. The maximum Gasteiger partial charge on any atom is 0.317 e. The molecule has 0 atom stereocenters. The Hall–Kier alpha value is -0.810. The van der Waals surface area contributed by atoms with E-state index in [1.54, 1.807) is 4.90 Å². The number of hydrogen-bond donors (Lipinski definition) is 1. The van der Waals surface area contributed by atoms with Crippen LogP contribution in [-0.2, 0) is 9.47 Å². The van der Waals surface area contributed by atoms with Crippen molar-refractivity contribution in [3.05, 3.63) is 0 Å². The molecule has 2 amide bonds. The van der Waals surface area contributed by atoms with Crippen LogP contribution < -0.4 is 5.32 Å². The molecular weight excluding hydrogens is 208 g/mol. The van der Waals surface area contributed by atoms with Crippen molar-refractivity contribution < 1.29 is 14.3 Å². The molecule has 1 N–H and O–H groups in total. The zero-order valence-corrected chi connectivity index (χ0v) is 10.0. The van der Waals surface area contributed by atoms with Crippen molar-refractivity contribution in [1.82, 2.24) is 10.2 Å². The van der Waals surface area contributed by atoms with Crippen LogP contribution in [0.25, 0.3) is 0 Å². The third-order valence-electron chi connectivity index (χ3n) is 2.39. The van der Waals surface area contributed by atoms with E-state index in [-0.39, 0.29) is 6.03 Å². The summed E-state index contributed by atoms with van der Waals surface area (Å²) in [5, 5.41) is 2.88. The smallest absolute Gasteiger partial charge is 0.317 e. The largest absolute Gasteiger partial charge is 0.381 e. The highest BCUT2D eigenvalue weighted by atomic mass is 16.5. The van der Waals surface area contributed by atoms with Crippen LogP contribution in [0.3, 0.4) is 0 Å². The molecule has 0 bridgehead atoms. The van der Waals surface area contributed by atoms with Gasteiger partial charge >= 0.3 is 6.03 Å². The summed E-state index contributed by atoms with van der Waals surface area (Å²) in [6.45, 7) is 6.96. The van der Waals surface area contributed by atoms with Gasteiger partial charge in [-0.25, -0.2) is 4.79 Å². The van der Waals surface area contributed by atoms with Gasteiger partial charge in [0, 0.05) is 32.8 Å². The van der Waals surface area contributed by atoms with Gasteiger partial charge in [0.15, 0.2) is 0 Å². The Kier molecular flexibility index (Phi) is 6.92. The van der Waals surface area contributed by atoms with Gasteiger partial charge in [-0.15, -0.1) is 0 Å². The van der Waals surface area contributed by atoms with Crippen LogP contribution in [0.15, 0.2) is 0 Å². The fraction of sp³-hybridized carbons (Fsp3) is 0.909. The SMILES string of the molecule is CCCOCCCNC(=O)N1CCOCC1. The number of carbonyl (C=O) groups excluding carboxylic acids is 1. The zero-order valence-electron chi connectivity index (χ0n) is 10.0. The molecule has 1 aliphatic rings. The lowest BCUT2D eigenvalue weighted by atomic mass is 10.4. The highest BCUT2D eigenvalue weighted by molar-refractivity contribution is 5.74. The molecule has 5 nitrogen and oxygen atoms in total. The Labute approximate surface area is 97.1 Å². The summed E-state index contributed by atoms with van der Waals surface area (Å²) in [6.07, 6.45) is 1.91. The van der Waals surface area contributed by atoms with Crippen molar-refractivity contribution in [2.45, 2.75) is 19.8 Å². The van der Waals surface area contributed by atoms with Crippen LogP contribution in [0.1, 0.15) is 19.8 Å². The Morgan fingerprint density at radius 3 is 2.81 bits per heavy atom. The predicted octanol–water partition coefficient (Wildman–Crippen LogP) is 0.845. The number of ether oxygens (including phenoxy) is 2. The third kappa shape index (κ3) is 5.32. The van der Waals surface area contributed by atoms with Crippen molar-refractivity contribution in [3.63, 3.8) is 0 Å². The van der Waals surface area contributed by atoms with Crippen molar-refractivity contribution in [1.29, 1.82) is 0 Å². The summed E-state index contributed by atoms with van der Waals surface area (Å²) in [5.74, 6) is 0. The monoisotopic (exact) mass is 230 g/mol. The molecular formula is C11H22N2O3. The van der Waals surface area contributed by atoms with Gasteiger partial charge in [-0.1, -0.05) is 6.92 Å². The first-order chi connectivity index (χ1) is 7.84. The maximum absolute atomic E-state index is 11.6. The molecule has 94 valence electrons. The van der Waals surface area contributed by atoms with Gasteiger partial charge in [-0.3, -0.25) is 0 Å². The second-order valence-corrected chi connectivity index (χ2v) is 3.80. The number of rotatable bonds is 6. The van der Waals surface area contributed by atoms with E-state index >= 15 is 0 Å². The van der Waals surface area contributed by atoms with Gasteiger partial charge in [-0.2, -0.15) is 0 Å². The van der Waals surface area contributed by atoms with Gasteiger partial charge in [-0.05, 0) is 12.8 Å². The fourth-order valence-electron chi connectivity index (χ4n) is 1.49. The van der Waals surface area contributed by atoms with E-state index in [0.29, 0.717) is 32.8 Å². The van der Waals surface area contributed by atoms with Crippen LogP contribution in [0.5, 0.6) is 0 Å². The second kappa shape index (κ2) is 8.35. The Morgan fingerprint density at radius 1 is 1.38 bits per heavy atom. The number of nitrogens with one attached hydrogen (secondary N) is 1. The van der Waals surface area contributed by atoms with Gasteiger partial charge in [0.05, 0.1) is 13.2 Å². The number of carbonyl (C=O) groups is 1. The number of urea groups is 1. The quantitative estimate of drug-likeness (QED) is 0.688. The summed E-state index contributed by atoms with van der Waals surface area (Å²) in [6, 6.07) is 0.0128. The predicted molar refractivity (Wildman–Crippen MR) is 61.5 cm³/mol. The first-order valence-corrected chi connectivity index (χ1v) is 6.03. The van der Waals surface area contributed by atoms with Crippen molar-refractivity contribution in [3.8, 4) is 0 Å². The average molecular weight is 230 g/mol. The standard InChI is InChI=1S/C11H22N2O3/c1-2-7-15-8-3-4-12-11(14)13-5-9-16-10-6-13/h2-10H2,1H3,(H,12,14). The summed E-state index contributed by atoms with van der Waals surface area (Å²) < 4.78 is 10.5. The molecule has 1 fully saturated rings. The molecule has 5 heteroatoms. The van der Waals surface area contributed by atoms with Crippen molar-refractivity contribution in [2.24, 2.45) is 0 Å². The normalized spacial score (nSPS) is 16.2. The first-order valence-electron chi connectivity index (χ1n) is 6.03. The molecule has 0 radical (unpaired) electrons. The van der Waals surface area contributed by atoms with E-state index in [9.17, 15) is 4.79 Å². The number of morpholine rings is 1. The molecule has 1 rings (SSSR count). The van der Waals surface area contributed by atoms with Crippen LogP contribution >= 0.6 is 0 Å². The van der Waals surface area contributed by atoms with E-state index in [2.05, 4.69) is 12.2 Å². The topological polar surface area (TPSA) is 50.8 Å². The Morgan fingerprint density at radius 2 is 2.12 bits per heavy atom. The summed E-state index contributed by atoms with van der Waals surface area (Å²) in [5.41, 5.74) is 0. The van der Waals surface area contributed by atoms with Crippen molar-refractivity contribution in [2.75, 3.05) is 46.1 Å².